The van der Waals surface area contributed by atoms with E-state index in [-0.39, 0.29) is 0 Å². The summed E-state index contributed by atoms with van der Waals surface area (Å²) < 4.78 is 2.35. The molecule has 2 N–H and O–H groups in total. The topological polar surface area (TPSA) is 29.0 Å². The van der Waals surface area contributed by atoms with Crippen LogP contribution in [0.1, 0.15) is 12.8 Å². The lowest BCUT2D eigenvalue weighted by Gasteiger charge is -2.28. The minimum atomic E-state index is 0.368. The van der Waals surface area contributed by atoms with Crippen molar-refractivity contribution in [1.29, 1.82) is 0 Å². The molecule has 9 heavy (non-hydrogen) atoms. The summed E-state index contributed by atoms with van der Waals surface area (Å²) in [5, 5.41) is 0. The predicted molar refractivity (Wildman–Crippen MR) is 36.8 cm³/mol. The van der Waals surface area contributed by atoms with E-state index in [0.29, 0.717) is 6.04 Å². The molecular weight excluding hydrogens is 112 g/mol. The fraction of sp³-hybridized carbons (Fsp3) is 0.857. The highest BCUT2D eigenvalue weighted by atomic mass is 15.0. The van der Waals surface area contributed by atoms with Crippen molar-refractivity contribution in [3.8, 4) is 0 Å². The molecule has 0 aromatic carbocycles. The van der Waals surface area contributed by atoms with Crippen LogP contribution in [0.25, 0.3) is 0 Å². The minimum Gasteiger partial charge on any atom is -0.319 e. The highest BCUT2D eigenvalue weighted by Gasteiger charge is 2.32. The van der Waals surface area contributed by atoms with Gasteiger partial charge in [0.1, 0.15) is 13.1 Å². The van der Waals surface area contributed by atoms with Crippen LogP contribution >= 0.6 is 0 Å². The van der Waals surface area contributed by atoms with Crippen LogP contribution in [0.5, 0.6) is 0 Å². The Morgan fingerprint density at radius 1 is 1.33 bits per heavy atom. The van der Waals surface area contributed by atoms with Gasteiger partial charge in [-0.2, -0.15) is 0 Å². The highest BCUT2D eigenvalue weighted by molar-refractivity contribution is 5.60. The number of piperidine rings is 1. The molecule has 1 fully saturated rings. The molecule has 3 heterocycles. The van der Waals surface area contributed by atoms with E-state index in [4.69, 9.17) is 5.73 Å². The second kappa shape index (κ2) is 1.81. The first-order chi connectivity index (χ1) is 4.36. The molecule has 1 saturated heterocycles. The van der Waals surface area contributed by atoms with Gasteiger partial charge in [0, 0.05) is 12.8 Å². The van der Waals surface area contributed by atoms with Gasteiger partial charge in [0.25, 0.3) is 0 Å². The lowest BCUT2D eigenvalue weighted by atomic mass is 9.87. The van der Waals surface area contributed by atoms with Crippen molar-refractivity contribution in [1.82, 2.24) is 0 Å². The number of rotatable bonds is 0. The first-order valence-electron chi connectivity index (χ1n) is 3.71. The Bertz CT molecular complexity index is 141. The second-order valence-corrected chi connectivity index (χ2v) is 3.10. The summed E-state index contributed by atoms with van der Waals surface area (Å²) in [5.41, 5.74) is 5.82. The van der Waals surface area contributed by atoms with E-state index in [0.717, 1.165) is 5.92 Å². The molecule has 0 aromatic heterocycles. The van der Waals surface area contributed by atoms with Crippen molar-refractivity contribution in [3.05, 3.63) is 0 Å². The average Bonchev–Trinajstić information content (AvgIpc) is 1.90. The third-order valence-electron chi connectivity index (χ3n) is 2.50. The average molecular weight is 125 g/mol. The van der Waals surface area contributed by atoms with Gasteiger partial charge >= 0.3 is 0 Å². The first kappa shape index (κ1) is 5.42. The normalized spacial score (nSPS) is 40.8. The van der Waals surface area contributed by atoms with Gasteiger partial charge in [0.2, 0.25) is 0 Å². The Balaban J connectivity index is 2.25. The molecule has 50 valence electrons. The summed E-state index contributed by atoms with van der Waals surface area (Å²) in [6.07, 6.45) is 4.83. The zero-order valence-electron chi connectivity index (χ0n) is 5.59. The Kier molecular flexibility index (Phi) is 1.09. The van der Waals surface area contributed by atoms with E-state index in [2.05, 4.69) is 10.8 Å². The van der Waals surface area contributed by atoms with Crippen LogP contribution in [0.15, 0.2) is 0 Å². The van der Waals surface area contributed by atoms with Crippen LogP contribution < -0.4 is 5.73 Å². The van der Waals surface area contributed by atoms with Gasteiger partial charge in [-0.25, -0.2) is 4.58 Å². The van der Waals surface area contributed by atoms with Gasteiger partial charge in [-0.3, -0.25) is 0 Å². The van der Waals surface area contributed by atoms with E-state index in [1.54, 1.807) is 0 Å². The number of hydrogen-bond donors (Lipinski definition) is 1. The van der Waals surface area contributed by atoms with Crippen LogP contribution in [-0.4, -0.2) is 29.9 Å². The van der Waals surface area contributed by atoms with Crippen molar-refractivity contribution < 1.29 is 4.58 Å². The SMILES string of the molecule is N[C@@H]1C=[N+]2CCC1CC2. The van der Waals surface area contributed by atoms with Crippen molar-refractivity contribution in [3.63, 3.8) is 0 Å². The Morgan fingerprint density at radius 2 is 2.00 bits per heavy atom. The van der Waals surface area contributed by atoms with Gasteiger partial charge in [0.15, 0.2) is 6.21 Å². The molecule has 0 amide bonds. The maximum absolute atomic E-state index is 5.82. The zero-order chi connectivity index (χ0) is 6.27. The smallest absolute Gasteiger partial charge is 0.156 e. The minimum absolute atomic E-state index is 0.368. The highest BCUT2D eigenvalue weighted by Crippen LogP contribution is 2.20. The van der Waals surface area contributed by atoms with Crippen LogP contribution in [0.2, 0.25) is 0 Å². The van der Waals surface area contributed by atoms with Gasteiger partial charge in [0.05, 0.1) is 6.04 Å². The van der Waals surface area contributed by atoms with Gasteiger partial charge in [-0.1, -0.05) is 0 Å². The maximum Gasteiger partial charge on any atom is 0.156 e. The van der Waals surface area contributed by atoms with Crippen LogP contribution in [0.3, 0.4) is 0 Å². The summed E-state index contributed by atoms with van der Waals surface area (Å²) in [6.45, 7) is 2.50. The molecule has 0 spiro atoms. The Morgan fingerprint density at radius 3 is 2.22 bits per heavy atom. The van der Waals surface area contributed by atoms with E-state index in [9.17, 15) is 0 Å². The van der Waals surface area contributed by atoms with E-state index in [1.165, 1.54) is 25.9 Å². The molecule has 0 aliphatic carbocycles. The number of fused-ring (bicyclic) bond motifs is 3. The molecule has 3 aliphatic heterocycles. The standard InChI is InChI=1S/C7H13N2/c8-7-5-9-3-1-6(7)2-4-9/h5-7H,1-4,8H2/q+1/t7-/m1/s1. The Hall–Kier alpha value is -0.370. The van der Waals surface area contributed by atoms with Gasteiger partial charge in [-0.05, 0) is 5.92 Å². The molecule has 1 atom stereocenters. The lowest BCUT2D eigenvalue weighted by molar-refractivity contribution is -0.546. The number of hydrogen-bond acceptors (Lipinski definition) is 1. The molecule has 2 heteroatoms. The summed E-state index contributed by atoms with van der Waals surface area (Å²) in [6, 6.07) is 0.368. The number of nitrogens with two attached hydrogens (primary N) is 1. The van der Waals surface area contributed by atoms with E-state index >= 15 is 0 Å². The quantitative estimate of drug-likeness (QED) is 0.447. The van der Waals surface area contributed by atoms with Crippen LogP contribution in [0.4, 0.5) is 0 Å². The molecular formula is C7H13N2+. The molecule has 3 aliphatic rings. The third kappa shape index (κ3) is 0.778. The molecule has 2 nitrogen and oxygen atoms in total. The van der Waals surface area contributed by atoms with Crippen molar-refractivity contribution in [2.24, 2.45) is 11.7 Å². The molecule has 2 bridgehead atoms. The fourth-order valence-electron chi connectivity index (χ4n) is 1.82. The number of nitrogens with zero attached hydrogens (tertiary/aromatic N) is 1. The first-order valence-corrected chi connectivity index (χ1v) is 3.71. The predicted octanol–water partition coefficient (Wildman–Crippen LogP) is -0.179. The van der Waals surface area contributed by atoms with E-state index < -0.39 is 0 Å². The van der Waals surface area contributed by atoms with Crippen molar-refractivity contribution >= 4 is 6.21 Å². The van der Waals surface area contributed by atoms with E-state index in [1.807, 2.05) is 0 Å². The van der Waals surface area contributed by atoms with Gasteiger partial charge in [-0.15, -0.1) is 0 Å². The summed E-state index contributed by atoms with van der Waals surface area (Å²) in [7, 11) is 0. The zero-order valence-corrected chi connectivity index (χ0v) is 5.59. The fourth-order valence-corrected chi connectivity index (χ4v) is 1.82. The van der Waals surface area contributed by atoms with Crippen molar-refractivity contribution in [2.75, 3.05) is 13.1 Å². The summed E-state index contributed by atoms with van der Waals surface area (Å²) in [5.74, 6) is 0.801. The Labute approximate surface area is 55.4 Å². The lowest BCUT2D eigenvalue weighted by Crippen LogP contribution is -2.47. The maximum atomic E-state index is 5.82. The molecule has 0 unspecified atom stereocenters. The monoisotopic (exact) mass is 125 g/mol. The van der Waals surface area contributed by atoms with Gasteiger partial charge < -0.3 is 5.73 Å². The summed E-state index contributed by atoms with van der Waals surface area (Å²) >= 11 is 0. The molecule has 3 rings (SSSR count). The largest absolute Gasteiger partial charge is 0.319 e. The third-order valence-corrected chi connectivity index (χ3v) is 2.50. The molecule has 0 radical (unpaired) electrons. The molecule has 0 saturated carbocycles. The molecule has 0 aromatic rings. The van der Waals surface area contributed by atoms with Crippen LogP contribution in [0, 0.1) is 5.92 Å². The summed E-state index contributed by atoms with van der Waals surface area (Å²) in [4.78, 5) is 0. The van der Waals surface area contributed by atoms with Crippen LogP contribution in [-0.2, 0) is 0 Å². The van der Waals surface area contributed by atoms with Crippen molar-refractivity contribution in [2.45, 2.75) is 18.9 Å². The second-order valence-electron chi connectivity index (χ2n) is 3.10.